The van der Waals surface area contributed by atoms with Gasteiger partial charge in [0.25, 0.3) is 5.91 Å². The number of rotatable bonds is 6. The average Bonchev–Trinajstić information content (AvgIpc) is 3.35. The summed E-state index contributed by atoms with van der Waals surface area (Å²) in [5.74, 6) is 0.313. The molecule has 7 nitrogen and oxygen atoms in total. The number of thiazole rings is 1. The highest BCUT2D eigenvalue weighted by molar-refractivity contribution is 7.15. The molecular weight excluding hydrogens is 408 g/mol. The first kappa shape index (κ1) is 20.7. The zero-order valence-corrected chi connectivity index (χ0v) is 18.5. The molecule has 158 valence electrons. The normalized spacial score (nSPS) is 10.9. The molecule has 0 saturated heterocycles. The van der Waals surface area contributed by atoms with Crippen LogP contribution in [0.25, 0.3) is 10.6 Å². The predicted octanol–water partition coefficient (Wildman–Crippen LogP) is 3.89. The van der Waals surface area contributed by atoms with E-state index in [4.69, 9.17) is 5.73 Å². The summed E-state index contributed by atoms with van der Waals surface area (Å²) in [6.07, 6.45) is 3.35. The van der Waals surface area contributed by atoms with Gasteiger partial charge in [0.15, 0.2) is 0 Å². The molecule has 0 atom stereocenters. The lowest BCUT2D eigenvalue weighted by atomic mass is 10.1. The Labute approximate surface area is 185 Å². The molecule has 0 radical (unpaired) electrons. The van der Waals surface area contributed by atoms with Gasteiger partial charge in [0.2, 0.25) is 0 Å². The third-order valence-corrected chi connectivity index (χ3v) is 6.31. The number of aromatic nitrogens is 4. The van der Waals surface area contributed by atoms with Crippen molar-refractivity contribution in [1.82, 2.24) is 25.1 Å². The Bertz CT molecular complexity index is 1210. The van der Waals surface area contributed by atoms with Crippen molar-refractivity contribution in [2.45, 2.75) is 33.9 Å². The minimum Gasteiger partial charge on any atom is -0.384 e. The molecule has 3 N–H and O–H groups in total. The summed E-state index contributed by atoms with van der Waals surface area (Å²) in [6.45, 7) is 6.82. The van der Waals surface area contributed by atoms with Gasteiger partial charge in [-0.1, -0.05) is 30.3 Å². The van der Waals surface area contributed by atoms with E-state index in [9.17, 15) is 4.79 Å². The van der Waals surface area contributed by atoms with Crippen LogP contribution < -0.4 is 11.1 Å². The minimum atomic E-state index is -0.173. The van der Waals surface area contributed by atoms with Gasteiger partial charge in [-0.05, 0) is 38.0 Å². The van der Waals surface area contributed by atoms with Gasteiger partial charge in [-0.15, -0.1) is 11.3 Å². The van der Waals surface area contributed by atoms with Crippen LogP contribution in [0.5, 0.6) is 0 Å². The molecule has 4 aromatic rings. The second kappa shape index (κ2) is 8.69. The fourth-order valence-corrected chi connectivity index (χ4v) is 4.48. The highest BCUT2D eigenvalue weighted by atomic mass is 32.1. The van der Waals surface area contributed by atoms with E-state index in [0.717, 1.165) is 38.0 Å². The Hall–Kier alpha value is -3.52. The average molecular weight is 433 g/mol. The van der Waals surface area contributed by atoms with Gasteiger partial charge in [-0.25, -0.2) is 9.97 Å². The molecule has 0 bridgehead atoms. The second-order valence-electron chi connectivity index (χ2n) is 7.43. The van der Waals surface area contributed by atoms with E-state index in [1.807, 2.05) is 45.0 Å². The van der Waals surface area contributed by atoms with E-state index in [2.05, 4.69) is 32.5 Å². The van der Waals surface area contributed by atoms with Gasteiger partial charge in [-0.3, -0.25) is 9.48 Å². The van der Waals surface area contributed by atoms with Crippen molar-refractivity contribution in [3.8, 4) is 10.6 Å². The number of amides is 1. The second-order valence-corrected chi connectivity index (χ2v) is 8.51. The number of aryl methyl sites for hydroxylation is 3. The zero-order chi connectivity index (χ0) is 22.0. The molecule has 31 heavy (non-hydrogen) atoms. The van der Waals surface area contributed by atoms with Gasteiger partial charge in [0.05, 0.1) is 24.0 Å². The molecule has 0 aliphatic carbocycles. The molecule has 0 unspecified atom stereocenters. The lowest BCUT2D eigenvalue weighted by Gasteiger charge is -2.11. The van der Waals surface area contributed by atoms with E-state index in [0.29, 0.717) is 24.5 Å². The zero-order valence-electron chi connectivity index (χ0n) is 17.7. The van der Waals surface area contributed by atoms with Gasteiger partial charge in [-0.2, -0.15) is 5.10 Å². The molecule has 0 saturated carbocycles. The topological polar surface area (TPSA) is 98.7 Å². The molecule has 0 fully saturated rings. The number of hydrogen-bond donors (Lipinski definition) is 2. The summed E-state index contributed by atoms with van der Waals surface area (Å²) in [5, 5.41) is 8.30. The van der Waals surface area contributed by atoms with Crippen LogP contribution in [0.2, 0.25) is 0 Å². The number of benzene rings is 1. The molecule has 3 aromatic heterocycles. The fourth-order valence-electron chi connectivity index (χ4n) is 3.42. The number of nitrogens with two attached hydrogens (primary N) is 1. The summed E-state index contributed by atoms with van der Waals surface area (Å²) >= 11 is 1.65. The van der Waals surface area contributed by atoms with Crippen LogP contribution >= 0.6 is 11.3 Å². The summed E-state index contributed by atoms with van der Waals surface area (Å²) in [5.41, 5.74) is 11.2. The van der Waals surface area contributed by atoms with Gasteiger partial charge in [0.1, 0.15) is 10.8 Å². The van der Waals surface area contributed by atoms with Crippen molar-refractivity contribution in [1.29, 1.82) is 0 Å². The molecular formula is C23H24N6OS. The SMILES string of the molecule is Cc1cc(N)nc(C)c1CNC(=O)c1cnn(Cc2sc(-c3ccccc3)nc2C)c1. The third-order valence-electron chi connectivity index (χ3n) is 5.11. The maximum absolute atomic E-state index is 12.6. The van der Waals surface area contributed by atoms with E-state index in [1.54, 1.807) is 28.4 Å². The lowest BCUT2D eigenvalue weighted by molar-refractivity contribution is 0.0950. The van der Waals surface area contributed by atoms with Crippen LogP contribution in [0.1, 0.15) is 37.7 Å². The number of hydrogen-bond acceptors (Lipinski definition) is 6. The Morgan fingerprint density at radius 1 is 1.13 bits per heavy atom. The largest absolute Gasteiger partial charge is 0.384 e. The van der Waals surface area contributed by atoms with Crippen LogP contribution in [0.4, 0.5) is 5.82 Å². The van der Waals surface area contributed by atoms with Crippen molar-refractivity contribution >= 4 is 23.1 Å². The molecule has 4 rings (SSSR count). The third kappa shape index (κ3) is 4.64. The number of pyridine rings is 1. The molecule has 0 spiro atoms. The first-order valence-electron chi connectivity index (χ1n) is 9.95. The molecule has 8 heteroatoms. The first-order valence-corrected chi connectivity index (χ1v) is 10.8. The standard InChI is InChI=1S/C23H24N6OS/c1-14-9-21(24)27-15(2)19(14)11-25-22(30)18-10-26-29(12-18)13-20-16(3)28-23(31-20)17-7-5-4-6-8-17/h4-10,12H,11,13H2,1-3H3,(H2,24,27)(H,25,30). The van der Waals surface area contributed by atoms with Gasteiger partial charge in [0, 0.05) is 28.9 Å². The molecule has 1 amide bonds. The predicted molar refractivity (Wildman–Crippen MR) is 123 cm³/mol. The Balaban J connectivity index is 1.43. The highest BCUT2D eigenvalue weighted by Crippen LogP contribution is 2.28. The molecule has 0 aliphatic rings. The number of carbonyl (C=O) groups excluding carboxylic acids is 1. The molecule has 0 aliphatic heterocycles. The number of nitrogens with zero attached hydrogens (tertiary/aromatic N) is 4. The van der Waals surface area contributed by atoms with Crippen molar-refractivity contribution < 1.29 is 4.79 Å². The van der Waals surface area contributed by atoms with E-state index < -0.39 is 0 Å². The summed E-state index contributed by atoms with van der Waals surface area (Å²) in [6, 6.07) is 11.9. The lowest BCUT2D eigenvalue weighted by Crippen LogP contribution is -2.23. The van der Waals surface area contributed by atoms with Crippen LogP contribution in [0.15, 0.2) is 48.8 Å². The number of anilines is 1. The first-order chi connectivity index (χ1) is 14.9. The smallest absolute Gasteiger partial charge is 0.254 e. The van der Waals surface area contributed by atoms with Crippen molar-refractivity contribution in [2.24, 2.45) is 0 Å². The van der Waals surface area contributed by atoms with Crippen molar-refractivity contribution in [2.75, 3.05) is 5.73 Å². The van der Waals surface area contributed by atoms with Crippen LogP contribution in [-0.4, -0.2) is 25.7 Å². The van der Waals surface area contributed by atoms with Crippen LogP contribution in [0.3, 0.4) is 0 Å². The highest BCUT2D eigenvalue weighted by Gasteiger charge is 2.14. The van der Waals surface area contributed by atoms with Gasteiger partial charge < -0.3 is 11.1 Å². The molecule has 3 heterocycles. The van der Waals surface area contributed by atoms with Crippen LogP contribution in [-0.2, 0) is 13.1 Å². The Morgan fingerprint density at radius 3 is 2.65 bits per heavy atom. The quantitative estimate of drug-likeness (QED) is 0.482. The minimum absolute atomic E-state index is 0.173. The maximum Gasteiger partial charge on any atom is 0.254 e. The monoisotopic (exact) mass is 432 g/mol. The number of nitrogens with one attached hydrogen (secondary N) is 1. The van der Waals surface area contributed by atoms with E-state index in [-0.39, 0.29) is 5.91 Å². The maximum atomic E-state index is 12.6. The van der Waals surface area contributed by atoms with Crippen molar-refractivity contribution in [3.63, 3.8) is 0 Å². The fraction of sp³-hybridized carbons (Fsp3) is 0.217. The number of carbonyl (C=O) groups is 1. The summed E-state index contributed by atoms with van der Waals surface area (Å²) < 4.78 is 1.77. The Kier molecular flexibility index (Phi) is 5.81. The Morgan fingerprint density at radius 2 is 1.90 bits per heavy atom. The van der Waals surface area contributed by atoms with Gasteiger partial charge >= 0.3 is 0 Å². The van der Waals surface area contributed by atoms with E-state index in [1.165, 1.54) is 0 Å². The van der Waals surface area contributed by atoms with E-state index >= 15 is 0 Å². The van der Waals surface area contributed by atoms with Crippen LogP contribution in [0, 0.1) is 20.8 Å². The summed E-state index contributed by atoms with van der Waals surface area (Å²) in [7, 11) is 0. The summed E-state index contributed by atoms with van der Waals surface area (Å²) in [4.78, 5) is 22.7. The number of nitrogen functional groups attached to an aromatic ring is 1. The van der Waals surface area contributed by atoms with Crippen molar-refractivity contribution in [3.05, 3.63) is 81.7 Å². The molecule has 1 aromatic carbocycles.